The van der Waals surface area contributed by atoms with Gasteiger partial charge >= 0.3 is 0 Å². The van der Waals surface area contributed by atoms with Crippen LogP contribution in [0.1, 0.15) is 13.8 Å². The van der Waals surface area contributed by atoms with E-state index in [9.17, 15) is 0 Å². The van der Waals surface area contributed by atoms with E-state index in [0.29, 0.717) is 0 Å². The average molecular weight is 84.1 g/mol. The molecule has 34 valence electrons. The highest BCUT2D eigenvalue weighted by atomic mass is 15.2. The highest BCUT2D eigenvalue weighted by Crippen LogP contribution is 1.60. The van der Waals surface area contributed by atoms with Crippen molar-refractivity contribution in [1.82, 2.24) is 0 Å². The normalized spacial score (nSPS) is 11.7. The lowest BCUT2D eigenvalue weighted by Crippen LogP contribution is -1.55. The van der Waals surface area contributed by atoms with Crippen molar-refractivity contribution in [3.63, 3.8) is 0 Å². The lowest BCUT2D eigenvalue weighted by molar-refractivity contribution is 1.26. The number of hydrogen-bond acceptors (Lipinski definition) is 2. The van der Waals surface area contributed by atoms with Gasteiger partial charge in [-0.3, -0.25) is 0 Å². The van der Waals surface area contributed by atoms with Gasteiger partial charge in [0, 0.05) is 12.4 Å². The molecule has 0 unspecified atom stereocenters. The minimum atomic E-state index is 1.64. The number of nitrogens with zero attached hydrogens (tertiary/aromatic N) is 2. The maximum Gasteiger partial charge on any atom is 0.0239 e. The van der Waals surface area contributed by atoms with Crippen molar-refractivity contribution >= 4 is 12.4 Å². The summed E-state index contributed by atoms with van der Waals surface area (Å²) < 4.78 is 0. The van der Waals surface area contributed by atoms with Crippen molar-refractivity contribution in [2.75, 3.05) is 0 Å². The molecule has 0 amide bonds. The Labute approximate surface area is 37.6 Å². The Balaban J connectivity index is 3.07. The molecular weight excluding hydrogens is 76.1 g/mol. The Hall–Kier alpha value is -0.660. The highest BCUT2D eigenvalue weighted by molar-refractivity contribution is 5.57. The van der Waals surface area contributed by atoms with E-state index in [0.717, 1.165) is 0 Å². The number of rotatable bonds is 1. The zero-order valence-electron chi connectivity index (χ0n) is 4.05. The molecule has 0 rings (SSSR count). The van der Waals surface area contributed by atoms with Crippen LogP contribution in [0.25, 0.3) is 0 Å². The molecule has 0 aromatic carbocycles. The second kappa shape index (κ2) is 4.34. The molecule has 0 bridgehead atoms. The van der Waals surface area contributed by atoms with Crippen LogP contribution in [0.5, 0.6) is 0 Å². The molecule has 0 aliphatic carbocycles. The summed E-state index contributed by atoms with van der Waals surface area (Å²) in [7, 11) is 0. The molecule has 2 heteroatoms. The van der Waals surface area contributed by atoms with Crippen molar-refractivity contribution in [1.29, 1.82) is 0 Å². The molecule has 0 aliphatic rings. The summed E-state index contributed by atoms with van der Waals surface area (Å²) in [5, 5.41) is 7.07. The standard InChI is InChI=1S/C4H8N2/c1-3-5-6-4-2/h3-4H,1-2H3/b5-3+,6-4+. The molecule has 0 fully saturated rings. The van der Waals surface area contributed by atoms with Crippen LogP contribution in [0.2, 0.25) is 0 Å². The van der Waals surface area contributed by atoms with Gasteiger partial charge in [0.2, 0.25) is 0 Å². The van der Waals surface area contributed by atoms with Crippen LogP contribution >= 0.6 is 0 Å². The largest absolute Gasteiger partial charge is 0.164 e. The van der Waals surface area contributed by atoms with Crippen LogP contribution in [0.3, 0.4) is 0 Å². The van der Waals surface area contributed by atoms with Crippen molar-refractivity contribution in [2.24, 2.45) is 10.2 Å². The van der Waals surface area contributed by atoms with Gasteiger partial charge in [0.15, 0.2) is 0 Å². The van der Waals surface area contributed by atoms with Gasteiger partial charge in [-0.25, -0.2) is 0 Å². The highest BCUT2D eigenvalue weighted by Gasteiger charge is 1.48. The maximum absolute atomic E-state index is 3.53. The third kappa shape index (κ3) is 3.34. The first-order chi connectivity index (χ1) is 2.91. The zero-order chi connectivity index (χ0) is 4.83. The van der Waals surface area contributed by atoms with Gasteiger partial charge in [-0.15, -0.1) is 0 Å². The van der Waals surface area contributed by atoms with Crippen LogP contribution in [0.4, 0.5) is 0 Å². The van der Waals surface area contributed by atoms with E-state index < -0.39 is 0 Å². The third-order valence-electron chi connectivity index (χ3n) is 0.298. The van der Waals surface area contributed by atoms with E-state index in [1.165, 1.54) is 0 Å². The van der Waals surface area contributed by atoms with E-state index in [1.54, 1.807) is 12.4 Å². The fraction of sp³-hybridized carbons (Fsp3) is 0.500. The fourth-order valence-electron chi connectivity index (χ4n) is 0.133. The monoisotopic (exact) mass is 84.1 g/mol. The molecule has 6 heavy (non-hydrogen) atoms. The Morgan fingerprint density at radius 3 is 1.50 bits per heavy atom. The second-order valence-electron chi connectivity index (χ2n) is 0.747. The minimum absolute atomic E-state index is 1.64. The van der Waals surface area contributed by atoms with Gasteiger partial charge in [0.05, 0.1) is 0 Å². The van der Waals surface area contributed by atoms with E-state index in [4.69, 9.17) is 0 Å². The molecular formula is C4H8N2. The quantitative estimate of drug-likeness (QED) is 0.335. The molecule has 0 aliphatic heterocycles. The lowest BCUT2D eigenvalue weighted by Gasteiger charge is -1.64. The topological polar surface area (TPSA) is 24.7 Å². The summed E-state index contributed by atoms with van der Waals surface area (Å²) in [5.74, 6) is 0. The molecule has 0 spiro atoms. The molecule has 0 aromatic heterocycles. The van der Waals surface area contributed by atoms with Gasteiger partial charge in [-0.05, 0) is 13.8 Å². The Morgan fingerprint density at radius 2 is 1.33 bits per heavy atom. The molecule has 0 atom stereocenters. The predicted molar refractivity (Wildman–Crippen MR) is 28.3 cm³/mol. The molecule has 0 saturated heterocycles. The third-order valence-corrected chi connectivity index (χ3v) is 0.298. The van der Waals surface area contributed by atoms with E-state index in [2.05, 4.69) is 10.2 Å². The van der Waals surface area contributed by atoms with Gasteiger partial charge in [-0.2, -0.15) is 10.2 Å². The van der Waals surface area contributed by atoms with Crippen molar-refractivity contribution in [2.45, 2.75) is 13.8 Å². The van der Waals surface area contributed by atoms with Crippen molar-refractivity contribution < 1.29 is 0 Å². The van der Waals surface area contributed by atoms with Crippen LogP contribution < -0.4 is 0 Å². The van der Waals surface area contributed by atoms with Crippen LogP contribution in [-0.2, 0) is 0 Å². The van der Waals surface area contributed by atoms with Gasteiger partial charge in [0.25, 0.3) is 0 Å². The summed E-state index contributed by atoms with van der Waals surface area (Å²) in [6.45, 7) is 3.65. The second-order valence-corrected chi connectivity index (χ2v) is 0.747. The Bertz CT molecular complexity index is 53.9. The maximum atomic E-state index is 3.53. The van der Waals surface area contributed by atoms with Crippen molar-refractivity contribution in [3.8, 4) is 0 Å². The SMILES string of the molecule is C/C=N/N=C/C. The van der Waals surface area contributed by atoms with E-state index in [-0.39, 0.29) is 0 Å². The first-order valence-electron chi connectivity index (χ1n) is 1.87. The lowest BCUT2D eigenvalue weighted by atomic mass is 10.9. The molecule has 0 aromatic rings. The summed E-state index contributed by atoms with van der Waals surface area (Å²) in [4.78, 5) is 0. The van der Waals surface area contributed by atoms with Gasteiger partial charge < -0.3 is 0 Å². The van der Waals surface area contributed by atoms with Crippen LogP contribution in [0.15, 0.2) is 10.2 Å². The molecule has 0 radical (unpaired) electrons. The smallest absolute Gasteiger partial charge is 0.0239 e. The van der Waals surface area contributed by atoms with Crippen LogP contribution in [-0.4, -0.2) is 12.4 Å². The van der Waals surface area contributed by atoms with Crippen LogP contribution in [0, 0.1) is 0 Å². The van der Waals surface area contributed by atoms with Crippen molar-refractivity contribution in [3.05, 3.63) is 0 Å². The molecule has 0 heterocycles. The fourth-order valence-corrected chi connectivity index (χ4v) is 0.133. The zero-order valence-corrected chi connectivity index (χ0v) is 4.05. The molecule has 2 nitrogen and oxygen atoms in total. The van der Waals surface area contributed by atoms with Gasteiger partial charge in [-0.1, -0.05) is 0 Å². The Kier molecular flexibility index (Phi) is 3.86. The summed E-state index contributed by atoms with van der Waals surface area (Å²) in [6.07, 6.45) is 3.28. The Morgan fingerprint density at radius 1 is 1.00 bits per heavy atom. The van der Waals surface area contributed by atoms with Gasteiger partial charge in [0.1, 0.15) is 0 Å². The number of hydrogen-bond donors (Lipinski definition) is 0. The van der Waals surface area contributed by atoms with E-state index >= 15 is 0 Å². The predicted octanol–water partition coefficient (Wildman–Crippen LogP) is 1.08. The first kappa shape index (κ1) is 5.34. The summed E-state index contributed by atoms with van der Waals surface area (Å²) >= 11 is 0. The average Bonchev–Trinajstić information content (AvgIpc) is 1.61. The summed E-state index contributed by atoms with van der Waals surface area (Å²) in [5.41, 5.74) is 0. The van der Waals surface area contributed by atoms with E-state index in [1.807, 2.05) is 13.8 Å². The molecule has 0 N–H and O–H groups in total. The minimum Gasteiger partial charge on any atom is -0.164 e. The summed E-state index contributed by atoms with van der Waals surface area (Å²) in [6, 6.07) is 0. The molecule has 0 saturated carbocycles. The first-order valence-corrected chi connectivity index (χ1v) is 1.87.